The Bertz CT molecular complexity index is 392. The zero-order chi connectivity index (χ0) is 9.97. The lowest BCUT2D eigenvalue weighted by Gasteiger charge is -1.95. The summed E-state index contributed by atoms with van der Waals surface area (Å²) in [7, 11) is 0. The second-order valence-corrected chi connectivity index (χ2v) is 4.54. The van der Waals surface area contributed by atoms with E-state index in [1.54, 1.807) is 11.3 Å². The molecular formula is C10H12N2OS. The number of rotatable bonds is 3. The van der Waals surface area contributed by atoms with Gasteiger partial charge in [-0.15, -0.1) is 11.3 Å². The molecular weight excluding hydrogens is 196 g/mol. The molecule has 0 N–H and O–H groups in total. The van der Waals surface area contributed by atoms with Crippen LogP contribution < -0.4 is 0 Å². The van der Waals surface area contributed by atoms with Crippen LogP contribution in [0.25, 0.3) is 10.8 Å². The summed E-state index contributed by atoms with van der Waals surface area (Å²) in [5, 5.41) is 5.93. The molecule has 4 heteroatoms. The van der Waals surface area contributed by atoms with Crippen molar-refractivity contribution in [3.05, 3.63) is 23.3 Å². The molecule has 2 rings (SSSR count). The molecule has 2 heterocycles. The molecule has 0 aromatic carbocycles. The molecule has 14 heavy (non-hydrogen) atoms. The second-order valence-electron chi connectivity index (χ2n) is 3.59. The van der Waals surface area contributed by atoms with Crippen molar-refractivity contribution in [3.63, 3.8) is 0 Å². The normalized spacial score (nSPS) is 11.1. The van der Waals surface area contributed by atoms with Crippen LogP contribution in [0, 0.1) is 5.92 Å². The SMILES string of the molecule is CC(C)Cc1noc(-c2cccs2)n1. The number of aromatic nitrogens is 2. The molecule has 0 fully saturated rings. The molecule has 0 spiro atoms. The minimum absolute atomic E-state index is 0.559. The van der Waals surface area contributed by atoms with Crippen molar-refractivity contribution in [1.29, 1.82) is 0 Å². The Balaban J connectivity index is 2.18. The molecule has 0 saturated heterocycles. The van der Waals surface area contributed by atoms with Gasteiger partial charge in [-0.1, -0.05) is 25.1 Å². The number of hydrogen-bond acceptors (Lipinski definition) is 4. The largest absolute Gasteiger partial charge is 0.333 e. The highest BCUT2D eigenvalue weighted by molar-refractivity contribution is 7.13. The van der Waals surface area contributed by atoms with Crippen molar-refractivity contribution in [1.82, 2.24) is 10.1 Å². The monoisotopic (exact) mass is 208 g/mol. The highest BCUT2D eigenvalue weighted by Crippen LogP contribution is 2.22. The summed E-state index contributed by atoms with van der Waals surface area (Å²) in [6, 6.07) is 3.96. The first-order valence-corrected chi connectivity index (χ1v) is 5.50. The van der Waals surface area contributed by atoms with E-state index in [-0.39, 0.29) is 0 Å². The summed E-state index contributed by atoms with van der Waals surface area (Å²) in [6.45, 7) is 4.28. The Hall–Kier alpha value is -1.16. The second kappa shape index (κ2) is 3.92. The zero-order valence-electron chi connectivity index (χ0n) is 8.23. The summed E-state index contributed by atoms with van der Waals surface area (Å²) in [6.07, 6.45) is 0.870. The molecule has 0 saturated carbocycles. The third kappa shape index (κ3) is 2.01. The van der Waals surface area contributed by atoms with Crippen LogP contribution in [-0.4, -0.2) is 10.1 Å². The van der Waals surface area contributed by atoms with Gasteiger partial charge in [-0.25, -0.2) is 0 Å². The maximum Gasteiger partial charge on any atom is 0.267 e. The topological polar surface area (TPSA) is 38.9 Å². The summed E-state index contributed by atoms with van der Waals surface area (Å²) in [5.41, 5.74) is 0. The van der Waals surface area contributed by atoms with Crippen LogP contribution >= 0.6 is 11.3 Å². The van der Waals surface area contributed by atoms with E-state index in [2.05, 4.69) is 24.0 Å². The van der Waals surface area contributed by atoms with Crippen molar-refractivity contribution in [2.24, 2.45) is 5.92 Å². The summed E-state index contributed by atoms with van der Waals surface area (Å²) < 4.78 is 5.16. The van der Waals surface area contributed by atoms with E-state index in [4.69, 9.17) is 4.52 Å². The van der Waals surface area contributed by atoms with Gasteiger partial charge in [0.15, 0.2) is 5.82 Å². The molecule has 0 amide bonds. The van der Waals surface area contributed by atoms with E-state index in [0.29, 0.717) is 11.8 Å². The molecule has 2 aromatic heterocycles. The Kier molecular flexibility index (Phi) is 2.63. The molecule has 0 unspecified atom stereocenters. The van der Waals surface area contributed by atoms with E-state index < -0.39 is 0 Å². The average molecular weight is 208 g/mol. The molecule has 0 atom stereocenters. The van der Waals surface area contributed by atoms with E-state index in [1.165, 1.54) is 0 Å². The number of nitrogens with zero attached hydrogens (tertiary/aromatic N) is 2. The molecule has 0 aliphatic rings. The minimum atomic E-state index is 0.559. The van der Waals surface area contributed by atoms with Crippen LogP contribution in [0.4, 0.5) is 0 Å². The summed E-state index contributed by atoms with van der Waals surface area (Å²) >= 11 is 1.61. The Labute approximate surface area is 86.8 Å². The maximum absolute atomic E-state index is 5.16. The lowest BCUT2D eigenvalue weighted by Crippen LogP contribution is -1.95. The van der Waals surface area contributed by atoms with E-state index in [0.717, 1.165) is 17.1 Å². The Morgan fingerprint density at radius 2 is 2.36 bits per heavy atom. The first-order chi connectivity index (χ1) is 6.75. The highest BCUT2D eigenvalue weighted by Gasteiger charge is 2.10. The molecule has 3 nitrogen and oxygen atoms in total. The standard InChI is InChI=1S/C10H12N2OS/c1-7(2)6-9-11-10(13-12-9)8-4-3-5-14-8/h3-5,7H,6H2,1-2H3. The van der Waals surface area contributed by atoms with E-state index in [9.17, 15) is 0 Å². The van der Waals surface area contributed by atoms with Crippen LogP contribution in [0.1, 0.15) is 19.7 Å². The van der Waals surface area contributed by atoms with Crippen LogP contribution in [0.2, 0.25) is 0 Å². The van der Waals surface area contributed by atoms with E-state index >= 15 is 0 Å². The molecule has 0 radical (unpaired) electrons. The highest BCUT2D eigenvalue weighted by atomic mass is 32.1. The summed E-state index contributed by atoms with van der Waals surface area (Å²) in [4.78, 5) is 5.36. The first-order valence-electron chi connectivity index (χ1n) is 4.62. The minimum Gasteiger partial charge on any atom is -0.333 e. The fourth-order valence-corrected chi connectivity index (χ4v) is 1.85. The fourth-order valence-electron chi connectivity index (χ4n) is 1.20. The molecule has 2 aromatic rings. The molecule has 0 aliphatic carbocycles. The molecule has 74 valence electrons. The first kappa shape index (κ1) is 9.40. The quantitative estimate of drug-likeness (QED) is 0.778. The van der Waals surface area contributed by atoms with Gasteiger partial charge < -0.3 is 4.52 Å². The van der Waals surface area contributed by atoms with Gasteiger partial charge in [0.1, 0.15) is 0 Å². The maximum atomic E-state index is 5.16. The third-order valence-corrected chi connectivity index (χ3v) is 2.65. The Morgan fingerprint density at radius 1 is 1.50 bits per heavy atom. The van der Waals surface area contributed by atoms with Gasteiger partial charge in [0.25, 0.3) is 5.89 Å². The molecule has 0 aliphatic heterocycles. The lowest BCUT2D eigenvalue weighted by molar-refractivity contribution is 0.418. The lowest BCUT2D eigenvalue weighted by atomic mass is 10.1. The van der Waals surface area contributed by atoms with Crippen molar-refractivity contribution >= 4 is 11.3 Å². The van der Waals surface area contributed by atoms with Crippen LogP contribution in [0.3, 0.4) is 0 Å². The number of hydrogen-bond donors (Lipinski definition) is 0. The number of thiophene rings is 1. The third-order valence-electron chi connectivity index (χ3n) is 1.79. The van der Waals surface area contributed by atoms with Gasteiger partial charge in [-0.3, -0.25) is 0 Å². The van der Waals surface area contributed by atoms with Gasteiger partial charge >= 0.3 is 0 Å². The van der Waals surface area contributed by atoms with E-state index in [1.807, 2.05) is 17.5 Å². The predicted octanol–water partition coefficient (Wildman–Crippen LogP) is 3.00. The average Bonchev–Trinajstić information content (AvgIpc) is 2.69. The van der Waals surface area contributed by atoms with Crippen molar-refractivity contribution in [3.8, 4) is 10.8 Å². The van der Waals surface area contributed by atoms with Crippen molar-refractivity contribution < 1.29 is 4.52 Å². The van der Waals surface area contributed by atoms with Gasteiger partial charge in [-0.05, 0) is 17.4 Å². The Morgan fingerprint density at radius 3 is 3.00 bits per heavy atom. The van der Waals surface area contributed by atoms with Crippen LogP contribution in [0.5, 0.6) is 0 Å². The van der Waals surface area contributed by atoms with Crippen molar-refractivity contribution in [2.45, 2.75) is 20.3 Å². The van der Waals surface area contributed by atoms with Gasteiger partial charge in [0.05, 0.1) is 4.88 Å². The smallest absolute Gasteiger partial charge is 0.267 e. The van der Waals surface area contributed by atoms with Crippen LogP contribution in [-0.2, 0) is 6.42 Å². The van der Waals surface area contributed by atoms with Gasteiger partial charge in [-0.2, -0.15) is 4.98 Å². The fraction of sp³-hybridized carbons (Fsp3) is 0.400. The molecule has 0 bridgehead atoms. The van der Waals surface area contributed by atoms with Crippen molar-refractivity contribution in [2.75, 3.05) is 0 Å². The zero-order valence-corrected chi connectivity index (χ0v) is 9.04. The van der Waals surface area contributed by atoms with Crippen LogP contribution in [0.15, 0.2) is 22.0 Å². The predicted molar refractivity (Wildman–Crippen MR) is 56.2 cm³/mol. The summed E-state index contributed by atoms with van der Waals surface area (Å²) in [5.74, 6) is 1.99. The van der Waals surface area contributed by atoms with Gasteiger partial charge in [0, 0.05) is 6.42 Å². The van der Waals surface area contributed by atoms with Gasteiger partial charge in [0.2, 0.25) is 0 Å².